The average Bonchev–Trinajstić information content (AvgIpc) is 2.07. The highest BCUT2D eigenvalue weighted by Gasteiger charge is 2.37. The first kappa shape index (κ1) is 10.0. The number of hydrogen-bond acceptors (Lipinski definition) is 1. The van der Waals surface area contributed by atoms with Crippen LogP contribution in [0.1, 0.15) is 0 Å². The van der Waals surface area contributed by atoms with Gasteiger partial charge in [0.05, 0.1) is 19.6 Å². The number of hydrogen-bond donors (Lipinski definition) is 0. The van der Waals surface area contributed by atoms with Crippen LogP contribution in [-0.4, -0.2) is 55.2 Å². The van der Waals surface area contributed by atoms with Crippen molar-refractivity contribution in [3.63, 3.8) is 0 Å². The molecule has 0 amide bonds. The van der Waals surface area contributed by atoms with Crippen LogP contribution in [-0.2, 0) is 0 Å². The smallest absolute Gasteiger partial charge is 0.140 e. The summed E-state index contributed by atoms with van der Waals surface area (Å²) in [5.41, 5.74) is 0. The van der Waals surface area contributed by atoms with E-state index in [0.29, 0.717) is 0 Å². The lowest BCUT2D eigenvalue weighted by Gasteiger charge is -2.49. The zero-order valence-electron chi connectivity index (χ0n) is 7.30. The Kier molecular flexibility index (Phi) is 3.16. The fourth-order valence-electron chi connectivity index (χ4n) is 2.16. The molecule has 0 N–H and O–H groups in total. The van der Waals surface area contributed by atoms with Gasteiger partial charge in [-0.2, -0.15) is 0 Å². The van der Waals surface area contributed by atoms with Crippen LogP contribution in [0.3, 0.4) is 0 Å². The van der Waals surface area contributed by atoms with Gasteiger partial charge < -0.3 is 21.5 Å². The molecule has 3 fully saturated rings. The van der Waals surface area contributed by atoms with Crippen molar-refractivity contribution in [1.82, 2.24) is 4.90 Å². The summed E-state index contributed by atoms with van der Waals surface area (Å²) in [5.74, 6) is 2.81. The van der Waals surface area contributed by atoms with E-state index in [0.717, 1.165) is 6.54 Å². The first-order chi connectivity index (χ1) is 5.35. The van der Waals surface area contributed by atoms with E-state index < -0.39 is 0 Å². The number of quaternary nitrogens is 1. The predicted molar refractivity (Wildman–Crippen MR) is 45.0 cm³/mol. The quantitative estimate of drug-likeness (QED) is 0.339. The van der Waals surface area contributed by atoms with Crippen molar-refractivity contribution < 1.29 is 21.5 Å². The van der Waals surface area contributed by atoms with E-state index in [1.165, 1.54) is 43.8 Å². The van der Waals surface area contributed by atoms with E-state index in [9.17, 15) is 0 Å². The highest BCUT2D eigenvalue weighted by Crippen LogP contribution is 2.18. The predicted octanol–water partition coefficient (Wildman–Crippen LogP) is -3.23. The summed E-state index contributed by atoms with van der Waals surface area (Å²) in [6.45, 7) is 8.59. The second-order valence-electron chi connectivity index (χ2n) is 3.72. The summed E-state index contributed by atoms with van der Waals surface area (Å²) in [7, 11) is 0. The third kappa shape index (κ3) is 1.66. The summed E-state index contributed by atoms with van der Waals surface area (Å²) in [5, 5.41) is 0. The minimum Gasteiger partial charge on any atom is -1.00 e. The van der Waals surface area contributed by atoms with Gasteiger partial charge in [0.2, 0.25) is 0 Å². The van der Waals surface area contributed by atoms with Gasteiger partial charge in [-0.15, -0.1) is 6.42 Å². The van der Waals surface area contributed by atoms with Crippen LogP contribution in [0.2, 0.25) is 0 Å². The molecular weight excluding hydrogens is 216 g/mol. The Morgan fingerprint density at radius 2 is 1.67 bits per heavy atom. The van der Waals surface area contributed by atoms with Crippen molar-refractivity contribution in [3.05, 3.63) is 0 Å². The van der Waals surface area contributed by atoms with Crippen LogP contribution in [0, 0.1) is 12.3 Å². The summed E-state index contributed by atoms with van der Waals surface area (Å²) >= 11 is 0. The third-order valence-electron chi connectivity index (χ3n) is 3.10. The lowest BCUT2D eigenvalue weighted by atomic mass is 10.1. The van der Waals surface area contributed by atoms with Crippen molar-refractivity contribution in [2.75, 3.05) is 45.8 Å². The van der Waals surface area contributed by atoms with E-state index >= 15 is 0 Å². The number of piperazine rings is 3. The number of rotatable bonds is 1. The molecule has 2 nitrogen and oxygen atoms in total. The standard InChI is InChI=1S/C9H15N2.BrH/c1-2-6-11-7-3-10(4-8-11)5-9-11;/h1H,3-9H2;1H/q+1;/p-1. The van der Waals surface area contributed by atoms with Crippen LogP contribution in [0.15, 0.2) is 0 Å². The summed E-state index contributed by atoms with van der Waals surface area (Å²) in [6.07, 6.45) is 5.36. The van der Waals surface area contributed by atoms with Gasteiger partial charge in [0.1, 0.15) is 6.54 Å². The molecule has 3 rings (SSSR count). The van der Waals surface area contributed by atoms with E-state index in [2.05, 4.69) is 10.8 Å². The van der Waals surface area contributed by atoms with Gasteiger partial charge in [-0.3, -0.25) is 4.90 Å². The van der Waals surface area contributed by atoms with Gasteiger partial charge in [0, 0.05) is 19.6 Å². The molecule has 0 saturated carbocycles. The van der Waals surface area contributed by atoms with Crippen LogP contribution < -0.4 is 17.0 Å². The number of nitrogens with zero attached hydrogens (tertiary/aromatic N) is 2. The molecule has 0 atom stereocenters. The van der Waals surface area contributed by atoms with Crippen molar-refractivity contribution in [2.45, 2.75) is 0 Å². The van der Waals surface area contributed by atoms with Gasteiger partial charge in [-0.05, 0) is 5.92 Å². The Morgan fingerprint density at radius 3 is 2.08 bits per heavy atom. The van der Waals surface area contributed by atoms with Gasteiger partial charge in [0.25, 0.3) is 0 Å². The summed E-state index contributed by atoms with van der Waals surface area (Å²) < 4.78 is 1.20. The molecule has 0 aromatic rings. The fourth-order valence-corrected chi connectivity index (χ4v) is 2.16. The van der Waals surface area contributed by atoms with E-state index in [-0.39, 0.29) is 17.0 Å². The second kappa shape index (κ2) is 3.78. The molecule has 3 heteroatoms. The SMILES string of the molecule is C#CC[N+]12CCN(CC1)CC2.[Br-]. The Balaban J connectivity index is 0.000000720. The summed E-state index contributed by atoms with van der Waals surface area (Å²) in [6, 6.07) is 0. The third-order valence-corrected chi connectivity index (χ3v) is 3.10. The molecule has 0 aromatic heterocycles. The van der Waals surface area contributed by atoms with Crippen LogP contribution in [0.25, 0.3) is 0 Å². The Hall–Kier alpha value is -0.0400. The maximum absolute atomic E-state index is 5.36. The molecule has 0 aromatic carbocycles. The molecule has 3 saturated heterocycles. The van der Waals surface area contributed by atoms with Crippen LogP contribution >= 0.6 is 0 Å². The van der Waals surface area contributed by atoms with Crippen LogP contribution in [0.5, 0.6) is 0 Å². The fraction of sp³-hybridized carbons (Fsp3) is 0.778. The zero-order chi connectivity index (χ0) is 7.73. The van der Waals surface area contributed by atoms with Crippen molar-refractivity contribution >= 4 is 0 Å². The molecule has 0 spiro atoms. The highest BCUT2D eigenvalue weighted by molar-refractivity contribution is 4.86. The number of terminal acetylenes is 1. The minimum atomic E-state index is 0. The molecule has 3 aliphatic heterocycles. The van der Waals surface area contributed by atoms with Crippen molar-refractivity contribution in [2.24, 2.45) is 0 Å². The number of fused-ring (bicyclic) bond motifs is 3. The maximum atomic E-state index is 5.36. The van der Waals surface area contributed by atoms with E-state index in [1.807, 2.05) is 0 Å². The lowest BCUT2D eigenvalue weighted by molar-refractivity contribution is -0.934. The van der Waals surface area contributed by atoms with E-state index in [4.69, 9.17) is 6.42 Å². The molecule has 3 aliphatic rings. The maximum Gasteiger partial charge on any atom is 0.140 e. The van der Waals surface area contributed by atoms with Crippen molar-refractivity contribution in [3.8, 4) is 12.3 Å². The highest BCUT2D eigenvalue weighted by atomic mass is 79.9. The molecule has 3 heterocycles. The first-order valence-electron chi connectivity index (χ1n) is 4.36. The average molecular weight is 231 g/mol. The Bertz CT molecular complexity index is 175. The lowest BCUT2D eigenvalue weighted by Crippen LogP contribution is -3.00. The molecule has 2 bridgehead atoms. The van der Waals surface area contributed by atoms with Gasteiger partial charge in [-0.1, -0.05) is 0 Å². The van der Waals surface area contributed by atoms with Crippen molar-refractivity contribution in [1.29, 1.82) is 0 Å². The van der Waals surface area contributed by atoms with Gasteiger partial charge in [-0.25, -0.2) is 0 Å². The second-order valence-corrected chi connectivity index (χ2v) is 3.72. The van der Waals surface area contributed by atoms with Crippen LogP contribution in [0.4, 0.5) is 0 Å². The molecule has 12 heavy (non-hydrogen) atoms. The first-order valence-corrected chi connectivity index (χ1v) is 4.36. The Labute approximate surface area is 84.9 Å². The Morgan fingerprint density at radius 1 is 1.17 bits per heavy atom. The summed E-state index contributed by atoms with van der Waals surface area (Å²) in [4.78, 5) is 2.54. The topological polar surface area (TPSA) is 3.24 Å². The molecule has 68 valence electrons. The zero-order valence-corrected chi connectivity index (χ0v) is 8.89. The van der Waals surface area contributed by atoms with E-state index in [1.54, 1.807) is 0 Å². The van der Waals surface area contributed by atoms with Gasteiger partial charge >= 0.3 is 0 Å². The molecule has 0 aliphatic carbocycles. The van der Waals surface area contributed by atoms with Gasteiger partial charge in [0.15, 0.2) is 0 Å². The number of halogens is 1. The molecule has 0 unspecified atom stereocenters. The normalized spacial score (nSPS) is 38.4. The minimum absolute atomic E-state index is 0. The molecular formula is C9H15BrN2. The molecule has 0 radical (unpaired) electrons. The monoisotopic (exact) mass is 230 g/mol. The largest absolute Gasteiger partial charge is 1.00 e.